The molecule has 0 fully saturated rings. The molecule has 0 bridgehead atoms. The molecule has 0 aliphatic heterocycles. The number of hydrogen-bond acceptors (Lipinski definition) is 3. The van der Waals surface area contributed by atoms with Gasteiger partial charge in [0, 0.05) is 25.5 Å². The van der Waals surface area contributed by atoms with Crippen molar-refractivity contribution in [2.24, 2.45) is 0 Å². The highest BCUT2D eigenvalue weighted by atomic mass is 35.5. The molecule has 25 heavy (non-hydrogen) atoms. The van der Waals surface area contributed by atoms with E-state index in [9.17, 15) is 0 Å². The zero-order valence-electron chi connectivity index (χ0n) is 13.7. The van der Waals surface area contributed by atoms with Crippen molar-refractivity contribution in [1.29, 1.82) is 0 Å². The Morgan fingerprint density at radius 3 is 1.56 bits per heavy atom. The molecule has 2 rings (SSSR count). The van der Waals surface area contributed by atoms with E-state index in [2.05, 4.69) is 4.90 Å². The second-order valence-electron chi connectivity index (χ2n) is 5.09. The van der Waals surface area contributed by atoms with Gasteiger partial charge in [0.25, 0.3) is 0 Å². The third-order valence-corrected chi connectivity index (χ3v) is 4.20. The summed E-state index contributed by atoms with van der Waals surface area (Å²) >= 11 is 18.0. The molecular formula is C18H21Cl4NO2. The Morgan fingerprint density at radius 1 is 0.720 bits per heavy atom. The third kappa shape index (κ3) is 7.93. The van der Waals surface area contributed by atoms with Gasteiger partial charge in [0.05, 0.1) is 10.0 Å². The average molecular weight is 425 g/mol. The van der Waals surface area contributed by atoms with E-state index in [4.69, 9.17) is 44.3 Å². The highest BCUT2D eigenvalue weighted by Gasteiger charge is 2.07. The van der Waals surface area contributed by atoms with Crippen LogP contribution in [0.5, 0.6) is 11.5 Å². The van der Waals surface area contributed by atoms with Gasteiger partial charge in [-0.15, -0.1) is 24.0 Å². The van der Waals surface area contributed by atoms with Gasteiger partial charge in [0.2, 0.25) is 0 Å². The summed E-state index contributed by atoms with van der Waals surface area (Å²) in [7, 11) is 0. The molecule has 0 heterocycles. The second kappa shape index (κ2) is 12.5. The van der Waals surface area contributed by atoms with Gasteiger partial charge in [-0.3, -0.25) is 4.90 Å². The summed E-state index contributed by atoms with van der Waals surface area (Å²) in [6, 6.07) is 14.9. The number of halogens is 4. The predicted octanol–water partition coefficient (Wildman–Crippen LogP) is 5.41. The molecule has 7 heteroatoms. The maximum Gasteiger partial charge on any atom is 0.137 e. The molecule has 0 aliphatic carbocycles. The zero-order chi connectivity index (χ0) is 17.2. The van der Waals surface area contributed by atoms with Crippen molar-refractivity contribution in [3.05, 3.63) is 58.6 Å². The Labute approximate surface area is 170 Å². The molecule has 0 N–H and O–H groups in total. The highest BCUT2D eigenvalue weighted by Crippen LogP contribution is 2.23. The maximum absolute atomic E-state index is 6.07. The first-order valence-corrected chi connectivity index (χ1v) is 9.02. The van der Waals surface area contributed by atoms with E-state index in [1.54, 1.807) is 0 Å². The fraction of sp³-hybridized carbons (Fsp3) is 0.333. The number of rotatable bonds is 10. The molecule has 0 atom stereocenters. The summed E-state index contributed by atoms with van der Waals surface area (Å²) in [6.45, 7) is 3.31. The van der Waals surface area contributed by atoms with E-state index in [1.165, 1.54) is 0 Å². The number of para-hydroxylation sites is 2. The lowest BCUT2D eigenvalue weighted by Gasteiger charge is -2.21. The van der Waals surface area contributed by atoms with Gasteiger partial charge in [-0.2, -0.15) is 0 Å². The minimum Gasteiger partial charge on any atom is -0.491 e. The van der Waals surface area contributed by atoms with Crippen LogP contribution >= 0.6 is 47.2 Å². The Morgan fingerprint density at radius 2 is 1.16 bits per heavy atom. The molecule has 2 aromatic rings. The summed E-state index contributed by atoms with van der Waals surface area (Å²) in [6.07, 6.45) is 0. The molecular weight excluding hydrogens is 404 g/mol. The average Bonchev–Trinajstić information content (AvgIpc) is 2.58. The van der Waals surface area contributed by atoms with Gasteiger partial charge in [-0.1, -0.05) is 47.5 Å². The lowest BCUT2D eigenvalue weighted by molar-refractivity contribution is 0.183. The Bertz CT molecular complexity index is 576. The van der Waals surface area contributed by atoms with Crippen LogP contribution in [0.1, 0.15) is 0 Å². The van der Waals surface area contributed by atoms with Crippen molar-refractivity contribution >= 4 is 47.2 Å². The van der Waals surface area contributed by atoms with Crippen LogP contribution in [0.3, 0.4) is 0 Å². The van der Waals surface area contributed by atoms with Crippen molar-refractivity contribution < 1.29 is 9.47 Å². The van der Waals surface area contributed by atoms with Gasteiger partial charge in [0.1, 0.15) is 24.7 Å². The molecule has 0 aliphatic rings. The molecule has 0 aromatic heterocycles. The van der Waals surface area contributed by atoms with Crippen molar-refractivity contribution in [2.45, 2.75) is 0 Å². The lowest BCUT2D eigenvalue weighted by atomic mass is 10.3. The summed E-state index contributed by atoms with van der Waals surface area (Å²) in [5, 5.41) is 1.23. The first-order chi connectivity index (χ1) is 11.7. The Balaban J connectivity index is 0.00000312. The van der Waals surface area contributed by atoms with Crippen LogP contribution in [0.4, 0.5) is 0 Å². The van der Waals surface area contributed by atoms with Crippen LogP contribution in [0.15, 0.2) is 48.5 Å². The molecule has 0 saturated heterocycles. The minimum atomic E-state index is 0. The SMILES string of the molecule is Cl.ClCCN(CCOc1ccccc1Cl)CCOc1ccccc1Cl. The highest BCUT2D eigenvalue weighted by molar-refractivity contribution is 6.32. The van der Waals surface area contributed by atoms with E-state index in [0.717, 1.165) is 19.6 Å². The molecule has 2 aromatic carbocycles. The molecule has 0 radical (unpaired) electrons. The van der Waals surface area contributed by atoms with Gasteiger partial charge >= 0.3 is 0 Å². The lowest BCUT2D eigenvalue weighted by Crippen LogP contribution is -2.34. The topological polar surface area (TPSA) is 21.7 Å². The van der Waals surface area contributed by atoms with Gasteiger partial charge < -0.3 is 9.47 Å². The van der Waals surface area contributed by atoms with Crippen LogP contribution in [0, 0.1) is 0 Å². The first kappa shape index (κ1) is 22.2. The molecule has 0 spiro atoms. The van der Waals surface area contributed by atoms with Crippen LogP contribution < -0.4 is 9.47 Å². The summed E-state index contributed by atoms with van der Waals surface area (Å²) in [5.74, 6) is 1.94. The zero-order valence-corrected chi connectivity index (χ0v) is 16.8. The summed E-state index contributed by atoms with van der Waals surface area (Å²) < 4.78 is 11.4. The van der Waals surface area contributed by atoms with Crippen LogP contribution in [0.25, 0.3) is 0 Å². The van der Waals surface area contributed by atoms with E-state index in [1.807, 2.05) is 48.5 Å². The summed E-state index contributed by atoms with van der Waals surface area (Å²) in [4.78, 5) is 2.18. The van der Waals surface area contributed by atoms with Crippen LogP contribution in [0.2, 0.25) is 10.0 Å². The predicted molar refractivity (Wildman–Crippen MR) is 108 cm³/mol. The third-order valence-electron chi connectivity index (χ3n) is 3.40. The van der Waals surface area contributed by atoms with Crippen LogP contribution in [-0.2, 0) is 0 Å². The molecule has 0 amide bonds. The van der Waals surface area contributed by atoms with Crippen molar-refractivity contribution in [1.82, 2.24) is 4.90 Å². The molecule has 3 nitrogen and oxygen atoms in total. The second-order valence-corrected chi connectivity index (χ2v) is 6.28. The number of hydrogen-bond donors (Lipinski definition) is 0. The van der Waals surface area contributed by atoms with Gasteiger partial charge in [-0.05, 0) is 24.3 Å². The fourth-order valence-corrected chi connectivity index (χ4v) is 2.77. The fourth-order valence-electron chi connectivity index (χ4n) is 2.15. The molecule has 138 valence electrons. The van der Waals surface area contributed by atoms with Crippen molar-refractivity contribution in [3.8, 4) is 11.5 Å². The van der Waals surface area contributed by atoms with E-state index < -0.39 is 0 Å². The maximum atomic E-state index is 6.07. The van der Waals surface area contributed by atoms with Gasteiger partial charge in [-0.25, -0.2) is 0 Å². The number of nitrogens with zero attached hydrogens (tertiary/aromatic N) is 1. The van der Waals surface area contributed by atoms with Crippen molar-refractivity contribution in [2.75, 3.05) is 38.7 Å². The normalized spacial score (nSPS) is 10.4. The monoisotopic (exact) mass is 423 g/mol. The quantitative estimate of drug-likeness (QED) is 0.475. The van der Waals surface area contributed by atoms with E-state index in [-0.39, 0.29) is 12.4 Å². The molecule has 0 unspecified atom stereocenters. The standard InChI is InChI=1S/C18H20Cl3NO2.ClH/c19-9-10-22(11-13-23-17-7-3-1-5-15(17)20)12-14-24-18-8-4-2-6-16(18)21;/h1-8H,9-14H2;1H. The Hall–Kier alpha value is -0.840. The van der Waals surface area contributed by atoms with Crippen LogP contribution in [-0.4, -0.2) is 43.6 Å². The number of benzene rings is 2. The number of alkyl halides is 1. The first-order valence-electron chi connectivity index (χ1n) is 7.73. The number of ether oxygens (including phenoxy) is 2. The largest absolute Gasteiger partial charge is 0.491 e. The smallest absolute Gasteiger partial charge is 0.137 e. The summed E-state index contributed by atoms with van der Waals surface area (Å²) in [5.41, 5.74) is 0. The van der Waals surface area contributed by atoms with Crippen molar-refractivity contribution in [3.63, 3.8) is 0 Å². The minimum absolute atomic E-state index is 0. The van der Waals surface area contributed by atoms with E-state index in [0.29, 0.717) is 40.6 Å². The van der Waals surface area contributed by atoms with E-state index >= 15 is 0 Å². The Kier molecular flexibility index (Phi) is 11.1. The van der Waals surface area contributed by atoms with Gasteiger partial charge in [0.15, 0.2) is 0 Å². The molecule has 0 saturated carbocycles.